The van der Waals surface area contributed by atoms with Crippen molar-refractivity contribution in [1.82, 2.24) is 4.90 Å². The molecule has 1 heterocycles. The second-order valence-corrected chi connectivity index (χ2v) is 3.67. The van der Waals surface area contributed by atoms with E-state index in [1.54, 1.807) is 0 Å². The van der Waals surface area contributed by atoms with Crippen LogP contribution in [0.15, 0.2) is 0 Å². The van der Waals surface area contributed by atoms with Crippen molar-refractivity contribution in [3.8, 4) is 0 Å². The molecular weight excluding hydrogens is 256 g/mol. The van der Waals surface area contributed by atoms with Crippen LogP contribution < -0.4 is 0 Å². The molecule has 5 heteroatoms. The Morgan fingerprint density at radius 1 is 1.36 bits per heavy atom. The molecule has 1 aliphatic heterocycles. The van der Waals surface area contributed by atoms with Gasteiger partial charge in [0.05, 0.1) is 4.55 Å². The van der Waals surface area contributed by atoms with E-state index in [4.69, 9.17) is 10.0 Å². The summed E-state index contributed by atoms with van der Waals surface area (Å²) in [5.74, 6) is 0.106. The number of nitrogens with zero attached hydrogens (tertiary/aromatic N) is 1. The van der Waals surface area contributed by atoms with Gasteiger partial charge in [-0.2, -0.15) is 0 Å². The summed E-state index contributed by atoms with van der Waals surface area (Å²) in [4.78, 5) is 2.32. The molecule has 0 aliphatic carbocycles. The maximum absolute atomic E-state index is 8.87. The third-order valence-electron chi connectivity index (χ3n) is 2.22. The Balaban J connectivity index is 2.24. The number of alkyl halides is 1. The van der Waals surface area contributed by atoms with Gasteiger partial charge in [0.25, 0.3) is 0 Å². The second kappa shape index (κ2) is 4.64. The molecule has 0 spiro atoms. The highest BCUT2D eigenvalue weighted by Crippen LogP contribution is 2.23. The molecule has 0 atom stereocenters. The van der Waals surface area contributed by atoms with Gasteiger partial charge in [0, 0.05) is 0 Å². The normalized spacial score (nSPS) is 22.1. The average molecular weight is 269 g/mol. The summed E-state index contributed by atoms with van der Waals surface area (Å²) in [5.41, 5.74) is 0. The van der Waals surface area contributed by atoms with E-state index in [0.29, 0.717) is 0 Å². The van der Waals surface area contributed by atoms with E-state index in [9.17, 15) is 0 Å². The van der Waals surface area contributed by atoms with Gasteiger partial charge in [-0.3, -0.25) is 4.90 Å². The Bertz CT molecular complexity index is 117. The van der Waals surface area contributed by atoms with Gasteiger partial charge in [-0.25, -0.2) is 0 Å². The molecule has 0 unspecified atom stereocenters. The van der Waals surface area contributed by atoms with E-state index < -0.39 is 7.12 Å². The highest BCUT2D eigenvalue weighted by Gasteiger charge is 2.27. The first-order valence-electron chi connectivity index (χ1n) is 3.88. The van der Waals surface area contributed by atoms with Crippen molar-refractivity contribution in [2.45, 2.75) is 18.7 Å². The lowest BCUT2D eigenvalue weighted by Gasteiger charge is -2.29. The molecule has 3 nitrogen and oxygen atoms in total. The molecule has 0 radical (unpaired) electrons. The third-order valence-corrected chi connectivity index (χ3v) is 3.19. The molecule has 1 fully saturated rings. The van der Waals surface area contributed by atoms with Gasteiger partial charge in [-0.1, -0.05) is 22.6 Å². The van der Waals surface area contributed by atoms with Crippen LogP contribution in [-0.4, -0.2) is 39.7 Å². The molecule has 1 aliphatic rings. The van der Waals surface area contributed by atoms with Crippen molar-refractivity contribution in [3.63, 3.8) is 0 Å². The predicted octanol–water partition coefficient (Wildman–Crippen LogP) is 0.318. The second-order valence-electron chi connectivity index (χ2n) is 2.99. The molecule has 2 N–H and O–H groups in total. The van der Waals surface area contributed by atoms with E-state index in [2.05, 4.69) is 27.5 Å². The Morgan fingerprint density at radius 3 is 2.27 bits per heavy atom. The zero-order valence-corrected chi connectivity index (χ0v) is 8.57. The highest BCUT2D eigenvalue weighted by atomic mass is 127. The van der Waals surface area contributed by atoms with E-state index >= 15 is 0 Å². The first-order chi connectivity index (χ1) is 5.24. The quantitative estimate of drug-likeness (QED) is 0.328. The third kappa shape index (κ3) is 2.89. The van der Waals surface area contributed by atoms with Crippen LogP contribution in [0.5, 0.6) is 0 Å². The number of piperidine rings is 1. The Labute approximate surface area is 81.1 Å². The number of likely N-dealkylation sites (tertiary alicyclic amines) is 1. The number of rotatable bonds is 2. The van der Waals surface area contributed by atoms with Crippen molar-refractivity contribution in [2.75, 3.05) is 17.6 Å². The minimum absolute atomic E-state index is 0.106. The summed E-state index contributed by atoms with van der Waals surface area (Å²) < 4.78 is 1.05. The van der Waals surface area contributed by atoms with Gasteiger partial charge in [-0.05, 0) is 31.7 Å². The van der Waals surface area contributed by atoms with Crippen molar-refractivity contribution < 1.29 is 10.0 Å². The average Bonchev–Trinajstić information content (AvgIpc) is 2.05. The molecule has 64 valence electrons. The first kappa shape index (κ1) is 9.76. The lowest BCUT2D eigenvalue weighted by molar-refractivity contribution is 0.249. The van der Waals surface area contributed by atoms with Gasteiger partial charge < -0.3 is 10.0 Å². The van der Waals surface area contributed by atoms with Crippen LogP contribution in [0.2, 0.25) is 5.82 Å². The highest BCUT2D eigenvalue weighted by molar-refractivity contribution is 14.1. The summed E-state index contributed by atoms with van der Waals surface area (Å²) in [6.45, 7) is 2.01. The van der Waals surface area contributed by atoms with Gasteiger partial charge in [0.15, 0.2) is 0 Å². The van der Waals surface area contributed by atoms with E-state index in [0.717, 1.165) is 30.5 Å². The fourth-order valence-electron chi connectivity index (χ4n) is 1.37. The van der Waals surface area contributed by atoms with Gasteiger partial charge >= 0.3 is 7.12 Å². The predicted molar refractivity (Wildman–Crippen MR) is 53.6 cm³/mol. The Kier molecular flexibility index (Phi) is 4.12. The fraction of sp³-hybridized carbons (Fsp3) is 1.00. The summed E-state index contributed by atoms with van der Waals surface area (Å²) in [7, 11) is -1.11. The van der Waals surface area contributed by atoms with Crippen molar-refractivity contribution in [2.24, 2.45) is 0 Å². The van der Waals surface area contributed by atoms with Gasteiger partial charge in [0.1, 0.15) is 0 Å². The smallest absolute Gasteiger partial charge is 0.427 e. The SMILES string of the molecule is OB(O)C1CCN(CI)CC1. The monoisotopic (exact) mass is 269 g/mol. The molecule has 0 amide bonds. The number of halogens is 1. The van der Waals surface area contributed by atoms with Gasteiger partial charge in [-0.15, -0.1) is 0 Å². The largest absolute Gasteiger partial charge is 0.454 e. The molecule has 0 bridgehead atoms. The maximum Gasteiger partial charge on any atom is 0.454 e. The van der Waals surface area contributed by atoms with Crippen LogP contribution in [0.3, 0.4) is 0 Å². The zero-order chi connectivity index (χ0) is 8.27. The molecule has 1 saturated heterocycles. The van der Waals surface area contributed by atoms with Crippen molar-refractivity contribution in [3.05, 3.63) is 0 Å². The lowest BCUT2D eigenvalue weighted by Crippen LogP contribution is -2.35. The fourth-order valence-corrected chi connectivity index (χ4v) is 2.05. The molecule has 0 saturated carbocycles. The van der Waals surface area contributed by atoms with E-state index in [-0.39, 0.29) is 5.82 Å². The van der Waals surface area contributed by atoms with Crippen LogP contribution in [0.1, 0.15) is 12.8 Å². The zero-order valence-electron chi connectivity index (χ0n) is 6.41. The minimum Gasteiger partial charge on any atom is -0.427 e. The molecule has 0 aromatic carbocycles. The van der Waals surface area contributed by atoms with Crippen molar-refractivity contribution >= 4 is 29.7 Å². The van der Waals surface area contributed by atoms with Crippen LogP contribution in [0.25, 0.3) is 0 Å². The Morgan fingerprint density at radius 2 is 1.91 bits per heavy atom. The summed E-state index contributed by atoms with van der Waals surface area (Å²) in [6, 6.07) is 0. The molecule has 1 rings (SSSR count). The van der Waals surface area contributed by atoms with Crippen molar-refractivity contribution in [1.29, 1.82) is 0 Å². The number of hydrogen-bond acceptors (Lipinski definition) is 3. The first-order valence-corrected chi connectivity index (χ1v) is 5.41. The molecule has 0 aromatic heterocycles. The topological polar surface area (TPSA) is 43.7 Å². The summed E-state index contributed by atoms with van der Waals surface area (Å²) >= 11 is 2.33. The van der Waals surface area contributed by atoms with Gasteiger partial charge in [0.2, 0.25) is 0 Å². The van der Waals surface area contributed by atoms with Crippen LogP contribution in [0, 0.1) is 0 Å². The maximum atomic E-state index is 8.87. The summed E-state index contributed by atoms with van der Waals surface area (Å²) in [5, 5.41) is 17.7. The minimum atomic E-state index is -1.11. The summed E-state index contributed by atoms with van der Waals surface area (Å²) in [6.07, 6.45) is 1.83. The van der Waals surface area contributed by atoms with Crippen LogP contribution in [-0.2, 0) is 0 Å². The Hall–Kier alpha value is 0.675. The number of hydrogen-bond donors (Lipinski definition) is 2. The molecular formula is C6H13BINO2. The van der Waals surface area contributed by atoms with Crippen LogP contribution in [0.4, 0.5) is 0 Å². The molecule has 11 heavy (non-hydrogen) atoms. The lowest BCUT2D eigenvalue weighted by atomic mass is 9.68. The van der Waals surface area contributed by atoms with E-state index in [1.807, 2.05) is 0 Å². The molecule has 0 aromatic rings. The van der Waals surface area contributed by atoms with E-state index in [1.165, 1.54) is 0 Å². The van der Waals surface area contributed by atoms with Crippen LogP contribution >= 0.6 is 22.6 Å². The standard InChI is InChI=1S/C6H13BINO2/c8-5-9-3-1-6(2-4-9)7(10)11/h6,10-11H,1-5H2.